The molecule has 4 amide bonds. The van der Waals surface area contributed by atoms with E-state index in [1.807, 2.05) is 0 Å². The van der Waals surface area contributed by atoms with Crippen molar-refractivity contribution < 1.29 is 23.7 Å². The van der Waals surface area contributed by atoms with Crippen molar-refractivity contribution in [3.05, 3.63) is 57.3 Å². The molecule has 2 aliphatic rings. The van der Waals surface area contributed by atoms with Crippen LogP contribution in [0.15, 0.2) is 40.3 Å². The van der Waals surface area contributed by atoms with Crippen LogP contribution >= 0.6 is 0 Å². The number of aryl methyl sites for hydroxylation is 1. The molecular formula is C22H21N3O6. The van der Waals surface area contributed by atoms with E-state index in [0.717, 1.165) is 37.0 Å². The summed E-state index contributed by atoms with van der Waals surface area (Å²) in [5, 5.41) is 13.4. The molecule has 1 aromatic carbocycles. The lowest BCUT2D eigenvalue weighted by atomic mass is 9.93. The van der Waals surface area contributed by atoms with E-state index in [4.69, 9.17) is 4.42 Å². The SMILES string of the molecule is Cc1ccc(-c2ccc(C=C3C(=O)NC(=O)N(C4CCCCC4)C3=O)o2)cc1[N+](=O)[O-]. The number of rotatable bonds is 4. The summed E-state index contributed by atoms with van der Waals surface area (Å²) in [6.45, 7) is 1.65. The van der Waals surface area contributed by atoms with Crippen LogP contribution in [0.3, 0.4) is 0 Å². The Morgan fingerprint density at radius 1 is 1.13 bits per heavy atom. The predicted octanol–water partition coefficient (Wildman–Crippen LogP) is 3.96. The average Bonchev–Trinajstić information content (AvgIpc) is 3.20. The standard InChI is InChI=1S/C22H21N3O6/c1-13-7-8-14(11-18(13)25(29)30)19-10-9-16(31-19)12-17-20(26)23-22(28)24(21(17)27)15-5-3-2-4-6-15/h7-12,15H,2-6H2,1H3,(H,23,26,28). The molecule has 2 heterocycles. The maximum atomic E-state index is 12.9. The molecule has 4 rings (SSSR count). The first-order chi connectivity index (χ1) is 14.8. The van der Waals surface area contributed by atoms with Gasteiger partial charge in [-0.25, -0.2) is 4.79 Å². The minimum atomic E-state index is -0.772. The lowest BCUT2D eigenvalue weighted by molar-refractivity contribution is -0.385. The fourth-order valence-electron chi connectivity index (χ4n) is 4.03. The van der Waals surface area contributed by atoms with Gasteiger partial charge in [-0.1, -0.05) is 31.4 Å². The fourth-order valence-corrected chi connectivity index (χ4v) is 4.03. The Balaban J connectivity index is 1.62. The summed E-state index contributed by atoms with van der Waals surface area (Å²) >= 11 is 0. The first kappa shape index (κ1) is 20.5. The highest BCUT2D eigenvalue weighted by atomic mass is 16.6. The molecule has 1 aliphatic carbocycles. The maximum absolute atomic E-state index is 12.9. The number of barbiturate groups is 1. The van der Waals surface area contributed by atoms with Gasteiger partial charge < -0.3 is 4.42 Å². The summed E-state index contributed by atoms with van der Waals surface area (Å²) < 4.78 is 5.72. The molecule has 0 atom stereocenters. The lowest BCUT2D eigenvalue weighted by Gasteiger charge is -2.35. The van der Waals surface area contributed by atoms with E-state index in [9.17, 15) is 24.5 Å². The number of benzene rings is 1. The maximum Gasteiger partial charge on any atom is 0.331 e. The average molecular weight is 423 g/mol. The second-order valence-electron chi connectivity index (χ2n) is 7.74. The van der Waals surface area contributed by atoms with Crippen LogP contribution in [0.5, 0.6) is 0 Å². The highest BCUT2D eigenvalue weighted by Crippen LogP contribution is 2.30. The highest BCUT2D eigenvalue weighted by molar-refractivity contribution is 6.31. The summed E-state index contributed by atoms with van der Waals surface area (Å²) in [7, 11) is 0. The molecule has 0 unspecified atom stereocenters. The van der Waals surface area contributed by atoms with Gasteiger partial charge in [0.05, 0.1) is 4.92 Å². The van der Waals surface area contributed by atoms with Gasteiger partial charge in [-0.05, 0) is 38.0 Å². The molecule has 2 fully saturated rings. The van der Waals surface area contributed by atoms with Crippen molar-refractivity contribution in [1.29, 1.82) is 0 Å². The number of hydrogen-bond donors (Lipinski definition) is 1. The number of nitrogens with one attached hydrogen (secondary N) is 1. The number of hydrogen-bond acceptors (Lipinski definition) is 6. The molecule has 1 saturated carbocycles. The van der Waals surface area contributed by atoms with Crippen molar-refractivity contribution in [3.63, 3.8) is 0 Å². The zero-order chi connectivity index (χ0) is 22.1. The number of nitro benzene ring substituents is 1. The normalized spacial score (nSPS) is 19.1. The Kier molecular flexibility index (Phi) is 5.41. The fraction of sp³-hybridized carbons (Fsp3) is 0.318. The van der Waals surface area contributed by atoms with Crippen molar-refractivity contribution >= 4 is 29.6 Å². The van der Waals surface area contributed by atoms with E-state index in [0.29, 0.717) is 16.9 Å². The number of imide groups is 2. The van der Waals surface area contributed by atoms with Crippen molar-refractivity contribution in [2.75, 3.05) is 0 Å². The Labute approximate surface area is 177 Å². The number of nitro groups is 1. The largest absolute Gasteiger partial charge is 0.457 e. The van der Waals surface area contributed by atoms with E-state index in [1.54, 1.807) is 31.2 Å². The summed E-state index contributed by atoms with van der Waals surface area (Å²) in [5.41, 5.74) is 0.818. The molecule has 0 bridgehead atoms. The topological polar surface area (TPSA) is 123 Å². The first-order valence-corrected chi connectivity index (χ1v) is 10.1. The number of furan rings is 1. The number of carbonyl (C=O) groups excluding carboxylic acids is 3. The molecule has 1 aromatic heterocycles. The molecule has 31 heavy (non-hydrogen) atoms. The lowest BCUT2D eigenvalue weighted by Crippen LogP contribution is -2.58. The molecule has 0 spiro atoms. The summed E-state index contributed by atoms with van der Waals surface area (Å²) in [6.07, 6.45) is 5.66. The van der Waals surface area contributed by atoms with Gasteiger partial charge in [-0.3, -0.25) is 29.9 Å². The Morgan fingerprint density at radius 2 is 1.87 bits per heavy atom. The number of amides is 4. The third-order valence-electron chi connectivity index (χ3n) is 5.68. The molecule has 0 radical (unpaired) electrons. The second-order valence-corrected chi connectivity index (χ2v) is 7.74. The third-order valence-corrected chi connectivity index (χ3v) is 5.68. The van der Waals surface area contributed by atoms with Crippen molar-refractivity contribution in [2.45, 2.75) is 45.1 Å². The van der Waals surface area contributed by atoms with Crippen LogP contribution in [0.2, 0.25) is 0 Å². The number of nitrogens with zero attached hydrogens (tertiary/aromatic N) is 2. The van der Waals surface area contributed by atoms with Crippen LogP contribution in [0, 0.1) is 17.0 Å². The number of urea groups is 1. The molecule has 2 aromatic rings. The Hall–Kier alpha value is -3.75. The monoisotopic (exact) mass is 423 g/mol. The molecule has 1 N–H and O–H groups in total. The molecule has 9 nitrogen and oxygen atoms in total. The Morgan fingerprint density at radius 3 is 2.58 bits per heavy atom. The summed E-state index contributed by atoms with van der Waals surface area (Å²) in [5.74, 6) is -0.816. The van der Waals surface area contributed by atoms with Gasteiger partial charge in [-0.15, -0.1) is 0 Å². The molecular weight excluding hydrogens is 402 g/mol. The van der Waals surface area contributed by atoms with Crippen LogP contribution in [0.4, 0.5) is 10.5 Å². The molecule has 9 heteroatoms. The zero-order valence-corrected chi connectivity index (χ0v) is 16.9. The van der Waals surface area contributed by atoms with E-state index in [1.165, 1.54) is 12.1 Å². The second kappa shape index (κ2) is 8.17. The van der Waals surface area contributed by atoms with Gasteiger partial charge in [0.15, 0.2) is 0 Å². The minimum absolute atomic E-state index is 0.0303. The van der Waals surface area contributed by atoms with Crippen LogP contribution < -0.4 is 5.32 Å². The van der Waals surface area contributed by atoms with Crippen LogP contribution in [0.1, 0.15) is 43.4 Å². The molecule has 160 valence electrons. The number of carbonyl (C=O) groups is 3. The van der Waals surface area contributed by atoms with Crippen molar-refractivity contribution in [1.82, 2.24) is 10.2 Å². The van der Waals surface area contributed by atoms with Crippen molar-refractivity contribution in [3.8, 4) is 11.3 Å². The van der Waals surface area contributed by atoms with Crippen LogP contribution in [-0.4, -0.2) is 33.7 Å². The van der Waals surface area contributed by atoms with E-state index in [2.05, 4.69) is 5.32 Å². The van der Waals surface area contributed by atoms with Gasteiger partial charge in [0.25, 0.3) is 17.5 Å². The van der Waals surface area contributed by atoms with Crippen LogP contribution in [0.25, 0.3) is 17.4 Å². The van der Waals surface area contributed by atoms with Gasteiger partial charge >= 0.3 is 6.03 Å². The minimum Gasteiger partial charge on any atom is -0.457 e. The van der Waals surface area contributed by atoms with Gasteiger partial charge in [-0.2, -0.15) is 0 Å². The summed E-state index contributed by atoms with van der Waals surface area (Å²) in [6, 6.07) is 6.99. The predicted molar refractivity (Wildman–Crippen MR) is 111 cm³/mol. The zero-order valence-electron chi connectivity index (χ0n) is 16.9. The van der Waals surface area contributed by atoms with Gasteiger partial charge in [0, 0.05) is 23.2 Å². The quantitative estimate of drug-likeness (QED) is 0.344. The third kappa shape index (κ3) is 3.98. The molecule has 1 aliphatic heterocycles. The molecule has 1 saturated heterocycles. The smallest absolute Gasteiger partial charge is 0.331 e. The van der Waals surface area contributed by atoms with Gasteiger partial charge in [0.2, 0.25) is 0 Å². The van der Waals surface area contributed by atoms with Crippen molar-refractivity contribution in [2.24, 2.45) is 0 Å². The van der Waals surface area contributed by atoms with E-state index < -0.39 is 22.8 Å². The Bertz CT molecular complexity index is 1110. The van der Waals surface area contributed by atoms with Gasteiger partial charge in [0.1, 0.15) is 17.1 Å². The van der Waals surface area contributed by atoms with Crippen LogP contribution in [-0.2, 0) is 9.59 Å². The highest BCUT2D eigenvalue weighted by Gasteiger charge is 2.40. The van der Waals surface area contributed by atoms with E-state index in [-0.39, 0.29) is 23.1 Å². The summed E-state index contributed by atoms with van der Waals surface area (Å²) in [4.78, 5) is 49.4. The van der Waals surface area contributed by atoms with E-state index >= 15 is 0 Å². The first-order valence-electron chi connectivity index (χ1n) is 10.1.